The van der Waals surface area contributed by atoms with Crippen molar-refractivity contribution in [2.45, 2.75) is 18.8 Å². The fraction of sp³-hybridized carbons (Fsp3) is 0.208. The number of aromatic nitrogens is 5. The van der Waals surface area contributed by atoms with E-state index in [1.807, 2.05) is 24.4 Å². The summed E-state index contributed by atoms with van der Waals surface area (Å²) >= 11 is 0. The van der Waals surface area contributed by atoms with E-state index in [4.69, 9.17) is 0 Å². The third kappa shape index (κ3) is 3.18. The van der Waals surface area contributed by atoms with Crippen molar-refractivity contribution in [3.05, 3.63) is 66.4 Å². The van der Waals surface area contributed by atoms with Crippen molar-refractivity contribution in [3.63, 3.8) is 0 Å². The highest BCUT2D eigenvalue weighted by molar-refractivity contribution is 5.99. The average Bonchev–Trinajstić information content (AvgIpc) is 3.43. The number of piperidine rings is 1. The third-order valence-electron chi connectivity index (χ3n) is 6.13. The van der Waals surface area contributed by atoms with Gasteiger partial charge in [-0.25, -0.2) is 4.39 Å². The molecule has 0 aliphatic carbocycles. The van der Waals surface area contributed by atoms with Crippen LogP contribution in [0.5, 0.6) is 0 Å². The lowest BCUT2D eigenvalue weighted by Crippen LogP contribution is -2.27. The van der Waals surface area contributed by atoms with Gasteiger partial charge in [0.15, 0.2) is 0 Å². The molecule has 0 unspecified atom stereocenters. The number of benzene rings is 1. The van der Waals surface area contributed by atoms with Crippen molar-refractivity contribution in [3.8, 4) is 22.6 Å². The molecule has 7 heteroatoms. The highest BCUT2D eigenvalue weighted by atomic mass is 19.1. The van der Waals surface area contributed by atoms with Crippen LogP contribution in [0.2, 0.25) is 0 Å². The normalized spacial score (nSPS) is 15.1. The van der Waals surface area contributed by atoms with Crippen molar-refractivity contribution in [1.29, 1.82) is 0 Å². The van der Waals surface area contributed by atoms with E-state index in [1.165, 1.54) is 12.1 Å². The molecule has 154 valence electrons. The molecule has 0 saturated carbocycles. The molecule has 0 atom stereocenters. The third-order valence-corrected chi connectivity index (χ3v) is 6.13. The summed E-state index contributed by atoms with van der Waals surface area (Å²) in [6.45, 7) is 2.06. The van der Waals surface area contributed by atoms with Crippen LogP contribution in [0.3, 0.4) is 0 Å². The van der Waals surface area contributed by atoms with Gasteiger partial charge in [-0.15, -0.1) is 0 Å². The van der Waals surface area contributed by atoms with E-state index in [2.05, 4.69) is 36.5 Å². The Labute approximate surface area is 177 Å². The molecular formula is C24H21FN6. The smallest absolute Gasteiger partial charge is 0.123 e. The fourth-order valence-corrected chi connectivity index (χ4v) is 4.53. The molecule has 0 spiro atoms. The van der Waals surface area contributed by atoms with Crippen LogP contribution in [-0.4, -0.2) is 38.2 Å². The van der Waals surface area contributed by atoms with Crippen molar-refractivity contribution >= 4 is 21.8 Å². The van der Waals surface area contributed by atoms with Crippen LogP contribution < -0.4 is 5.32 Å². The van der Waals surface area contributed by atoms with Crippen LogP contribution in [0.4, 0.5) is 4.39 Å². The first-order chi connectivity index (χ1) is 15.3. The van der Waals surface area contributed by atoms with Crippen LogP contribution in [0.15, 0.2) is 54.9 Å². The number of pyridine rings is 2. The maximum absolute atomic E-state index is 13.8. The predicted octanol–water partition coefficient (Wildman–Crippen LogP) is 4.77. The standard InChI is InChI=1S/C24H21FN6/c25-16-3-1-2-15(10-16)23-17-12-21(29-19(17)6-9-27-23)24-18-11-20(14-4-7-26-8-5-14)28-13-22(18)30-31-24/h1-3,6,9-14,26,29H,4-5,7-8H2,(H,30,31). The Bertz CT molecular complexity index is 1400. The lowest BCUT2D eigenvalue weighted by Gasteiger charge is -2.22. The summed E-state index contributed by atoms with van der Waals surface area (Å²) in [4.78, 5) is 12.7. The first kappa shape index (κ1) is 18.2. The van der Waals surface area contributed by atoms with Gasteiger partial charge in [0, 0.05) is 39.7 Å². The number of hydrogen-bond donors (Lipinski definition) is 3. The Hall–Kier alpha value is -3.58. The van der Waals surface area contributed by atoms with Crippen molar-refractivity contribution < 1.29 is 4.39 Å². The monoisotopic (exact) mass is 412 g/mol. The van der Waals surface area contributed by atoms with Crippen LogP contribution in [0, 0.1) is 5.82 Å². The molecule has 6 nitrogen and oxygen atoms in total. The highest BCUT2D eigenvalue weighted by Crippen LogP contribution is 2.34. The lowest BCUT2D eigenvalue weighted by molar-refractivity contribution is 0.453. The first-order valence-electron chi connectivity index (χ1n) is 10.5. The van der Waals surface area contributed by atoms with Gasteiger partial charge in [0.1, 0.15) is 11.5 Å². The zero-order valence-corrected chi connectivity index (χ0v) is 16.8. The van der Waals surface area contributed by atoms with Gasteiger partial charge in [-0.1, -0.05) is 12.1 Å². The zero-order valence-electron chi connectivity index (χ0n) is 16.8. The molecule has 5 aromatic rings. The van der Waals surface area contributed by atoms with E-state index in [1.54, 1.807) is 12.3 Å². The van der Waals surface area contributed by atoms with Crippen LogP contribution in [0.25, 0.3) is 44.5 Å². The molecule has 31 heavy (non-hydrogen) atoms. The second-order valence-electron chi connectivity index (χ2n) is 8.07. The highest BCUT2D eigenvalue weighted by Gasteiger charge is 2.19. The van der Waals surface area contributed by atoms with Gasteiger partial charge in [0.2, 0.25) is 0 Å². The molecule has 6 rings (SSSR count). The Morgan fingerprint density at radius 2 is 1.77 bits per heavy atom. The molecule has 0 radical (unpaired) electrons. The van der Waals surface area contributed by atoms with E-state index < -0.39 is 0 Å². The summed E-state index contributed by atoms with van der Waals surface area (Å²) < 4.78 is 13.8. The van der Waals surface area contributed by atoms with Gasteiger partial charge >= 0.3 is 0 Å². The van der Waals surface area contributed by atoms with Crippen molar-refractivity contribution in [1.82, 2.24) is 30.5 Å². The van der Waals surface area contributed by atoms with Gasteiger partial charge in [0.25, 0.3) is 0 Å². The molecular weight excluding hydrogens is 391 g/mol. The van der Waals surface area contributed by atoms with Gasteiger partial charge < -0.3 is 10.3 Å². The van der Waals surface area contributed by atoms with Gasteiger partial charge in [-0.3, -0.25) is 15.1 Å². The van der Waals surface area contributed by atoms with E-state index in [0.29, 0.717) is 5.92 Å². The molecule has 1 aliphatic rings. The SMILES string of the molecule is Fc1cccc(-c2nccc3[nH]c(-c4n[nH]c5cnc(C6CCNCC6)cc45)cc23)c1. The number of nitrogens with one attached hydrogen (secondary N) is 3. The molecule has 1 aromatic carbocycles. The van der Waals surface area contributed by atoms with Gasteiger partial charge in [0.05, 0.1) is 23.1 Å². The molecule has 3 N–H and O–H groups in total. The number of halogens is 1. The number of rotatable bonds is 3. The summed E-state index contributed by atoms with van der Waals surface area (Å²) in [5, 5.41) is 13.1. The van der Waals surface area contributed by atoms with Crippen molar-refractivity contribution in [2.75, 3.05) is 13.1 Å². The van der Waals surface area contributed by atoms with Crippen LogP contribution in [-0.2, 0) is 0 Å². The minimum Gasteiger partial charge on any atom is -0.353 e. The second-order valence-corrected chi connectivity index (χ2v) is 8.07. The molecule has 1 aliphatic heterocycles. The Balaban J connectivity index is 1.47. The maximum Gasteiger partial charge on any atom is 0.123 e. The van der Waals surface area contributed by atoms with Crippen molar-refractivity contribution in [2.24, 2.45) is 0 Å². The fourth-order valence-electron chi connectivity index (χ4n) is 4.53. The Morgan fingerprint density at radius 1 is 0.903 bits per heavy atom. The predicted molar refractivity (Wildman–Crippen MR) is 119 cm³/mol. The molecule has 0 bridgehead atoms. The molecule has 1 fully saturated rings. The zero-order chi connectivity index (χ0) is 20.8. The summed E-state index contributed by atoms with van der Waals surface area (Å²) in [5.74, 6) is 0.197. The minimum absolute atomic E-state index is 0.275. The van der Waals surface area contributed by atoms with Gasteiger partial charge in [-0.05, 0) is 56.3 Å². The van der Waals surface area contributed by atoms with E-state index >= 15 is 0 Å². The van der Waals surface area contributed by atoms with Crippen LogP contribution >= 0.6 is 0 Å². The Morgan fingerprint density at radius 3 is 2.65 bits per heavy atom. The lowest BCUT2D eigenvalue weighted by atomic mass is 9.93. The summed E-state index contributed by atoms with van der Waals surface area (Å²) in [5.41, 5.74) is 6.22. The number of nitrogens with zero attached hydrogens (tertiary/aromatic N) is 3. The summed E-state index contributed by atoms with van der Waals surface area (Å²) in [6, 6.07) is 12.7. The number of hydrogen-bond acceptors (Lipinski definition) is 4. The summed E-state index contributed by atoms with van der Waals surface area (Å²) in [7, 11) is 0. The minimum atomic E-state index is -0.275. The molecule has 4 aromatic heterocycles. The summed E-state index contributed by atoms with van der Waals surface area (Å²) in [6.07, 6.45) is 5.82. The second kappa shape index (κ2) is 7.28. The van der Waals surface area contributed by atoms with Crippen LogP contribution in [0.1, 0.15) is 24.5 Å². The topological polar surface area (TPSA) is 82.3 Å². The van der Waals surface area contributed by atoms with Gasteiger partial charge in [-0.2, -0.15) is 5.10 Å². The van der Waals surface area contributed by atoms with E-state index in [9.17, 15) is 4.39 Å². The quantitative estimate of drug-likeness (QED) is 0.399. The van der Waals surface area contributed by atoms with E-state index in [-0.39, 0.29) is 5.82 Å². The molecule has 1 saturated heterocycles. The molecule has 0 amide bonds. The van der Waals surface area contributed by atoms with E-state index in [0.717, 1.165) is 76.1 Å². The average molecular weight is 412 g/mol. The number of fused-ring (bicyclic) bond motifs is 2. The maximum atomic E-state index is 13.8. The number of H-pyrrole nitrogens is 2. The number of aromatic amines is 2. The largest absolute Gasteiger partial charge is 0.353 e. The molecule has 5 heterocycles. The Kier molecular flexibility index (Phi) is 4.28. The first-order valence-corrected chi connectivity index (χ1v) is 10.5.